The Balaban J connectivity index is 1.50. The highest BCUT2D eigenvalue weighted by Gasteiger charge is 2.58. The molecule has 3 fully saturated rings. The average molecular weight is 492 g/mol. The molecule has 0 bridgehead atoms. The van der Waals surface area contributed by atoms with E-state index in [0.29, 0.717) is 37.7 Å². The van der Waals surface area contributed by atoms with Crippen LogP contribution in [0.5, 0.6) is 0 Å². The molecule has 8 atom stereocenters. The largest absolute Gasteiger partial charge is 0.387 e. The quantitative estimate of drug-likeness (QED) is 0.356. The Morgan fingerprint density at radius 1 is 1.20 bits per heavy atom. The maximum absolute atomic E-state index is 12.3. The van der Waals surface area contributed by atoms with Gasteiger partial charge in [0.15, 0.2) is 0 Å². The summed E-state index contributed by atoms with van der Waals surface area (Å²) in [4.78, 5) is 23.8. The first-order valence-corrected chi connectivity index (χ1v) is 13.3. The molecule has 7 heteroatoms. The van der Waals surface area contributed by atoms with E-state index in [-0.39, 0.29) is 36.0 Å². The van der Waals surface area contributed by atoms with E-state index in [1.807, 2.05) is 26.0 Å². The third-order valence-electron chi connectivity index (χ3n) is 7.54. The molecule has 3 rings (SSSR count). The molecule has 3 aliphatic rings. The van der Waals surface area contributed by atoms with Crippen LogP contribution in [-0.4, -0.2) is 65.6 Å². The monoisotopic (exact) mass is 491 g/mol. The molecule has 0 unspecified atom stereocenters. The minimum absolute atomic E-state index is 0.0258. The summed E-state index contributed by atoms with van der Waals surface area (Å²) in [5.74, 6) is 1.04. The Bertz CT molecular complexity index is 801. The second-order valence-electron chi connectivity index (χ2n) is 11.4. The van der Waals surface area contributed by atoms with Gasteiger partial charge in [0.25, 0.3) is 0 Å². The van der Waals surface area contributed by atoms with Crippen LogP contribution >= 0.6 is 0 Å². The minimum atomic E-state index is -0.731. The summed E-state index contributed by atoms with van der Waals surface area (Å²) in [6.07, 6.45) is 8.66. The van der Waals surface area contributed by atoms with Crippen molar-refractivity contribution in [1.82, 2.24) is 5.32 Å². The SMILES string of the molecule is CC(=O)C[C@@H]1C[C@@]2(CO2)[C@H](O)[C@@H](/C=C/C(C)=C/C[C@@H]2O[C@H](C)[C@H](NC(=O)CCC(C)C)C[C@@H]2C)O1. The number of nitrogens with one attached hydrogen (secondary N) is 1. The van der Waals surface area contributed by atoms with Crippen LogP contribution in [-0.2, 0) is 23.8 Å². The topological polar surface area (TPSA) is 97.4 Å². The van der Waals surface area contributed by atoms with Crippen LogP contribution in [0.3, 0.4) is 0 Å². The lowest BCUT2D eigenvalue weighted by molar-refractivity contribution is -0.143. The van der Waals surface area contributed by atoms with Gasteiger partial charge in [-0.1, -0.05) is 44.6 Å². The van der Waals surface area contributed by atoms with Crippen LogP contribution in [0, 0.1) is 11.8 Å². The number of amides is 1. The van der Waals surface area contributed by atoms with Crippen molar-refractivity contribution in [2.75, 3.05) is 6.61 Å². The van der Waals surface area contributed by atoms with E-state index >= 15 is 0 Å². The van der Waals surface area contributed by atoms with Gasteiger partial charge in [-0.15, -0.1) is 0 Å². The molecule has 3 saturated heterocycles. The fourth-order valence-electron chi connectivity index (χ4n) is 5.15. The van der Waals surface area contributed by atoms with E-state index in [1.54, 1.807) is 6.92 Å². The number of aliphatic hydroxyl groups excluding tert-OH is 1. The van der Waals surface area contributed by atoms with Gasteiger partial charge in [-0.25, -0.2) is 0 Å². The summed E-state index contributed by atoms with van der Waals surface area (Å²) in [7, 11) is 0. The zero-order valence-corrected chi connectivity index (χ0v) is 22.3. The van der Waals surface area contributed by atoms with Crippen LogP contribution < -0.4 is 5.32 Å². The number of ether oxygens (including phenoxy) is 3. The molecule has 3 aliphatic heterocycles. The lowest BCUT2D eigenvalue weighted by Gasteiger charge is -2.39. The van der Waals surface area contributed by atoms with E-state index in [0.717, 1.165) is 24.8 Å². The van der Waals surface area contributed by atoms with Gasteiger partial charge in [-0.2, -0.15) is 0 Å². The van der Waals surface area contributed by atoms with E-state index in [9.17, 15) is 14.7 Å². The molecular formula is C28H45NO6. The molecule has 1 amide bonds. The molecular weight excluding hydrogens is 446 g/mol. The number of ketones is 1. The predicted molar refractivity (Wildman–Crippen MR) is 135 cm³/mol. The Morgan fingerprint density at radius 3 is 2.54 bits per heavy atom. The molecule has 198 valence electrons. The Kier molecular flexibility index (Phi) is 9.72. The lowest BCUT2D eigenvalue weighted by Crippen LogP contribution is -2.50. The van der Waals surface area contributed by atoms with E-state index in [2.05, 4.69) is 32.2 Å². The van der Waals surface area contributed by atoms with Crippen molar-refractivity contribution >= 4 is 11.7 Å². The van der Waals surface area contributed by atoms with Crippen molar-refractivity contribution in [1.29, 1.82) is 0 Å². The zero-order chi connectivity index (χ0) is 25.8. The Morgan fingerprint density at radius 2 is 1.91 bits per heavy atom. The van der Waals surface area contributed by atoms with Crippen LogP contribution in [0.1, 0.15) is 80.1 Å². The highest BCUT2D eigenvalue weighted by molar-refractivity contribution is 5.76. The van der Waals surface area contributed by atoms with Crippen molar-refractivity contribution in [2.24, 2.45) is 11.8 Å². The number of rotatable bonds is 10. The van der Waals surface area contributed by atoms with Crippen molar-refractivity contribution in [2.45, 2.75) is 122 Å². The highest BCUT2D eigenvalue weighted by Crippen LogP contribution is 2.43. The molecule has 0 saturated carbocycles. The van der Waals surface area contributed by atoms with Gasteiger partial charge in [-0.05, 0) is 51.9 Å². The smallest absolute Gasteiger partial charge is 0.220 e. The fraction of sp³-hybridized carbons (Fsp3) is 0.786. The number of carbonyl (C=O) groups is 2. The predicted octanol–water partition coefficient (Wildman–Crippen LogP) is 3.88. The summed E-state index contributed by atoms with van der Waals surface area (Å²) in [5, 5.41) is 13.9. The number of carbonyl (C=O) groups excluding carboxylic acids is 2. The first-order chi connectivity index (χ1) is 16.5. The summed E-state index contributed by atoms with van der Waals surface area (Å²) in [5.41, 5.74) is 0.501. The molecule has 0 aliphatic carbocycles. The fourth-order valence-corrected chi connectivity index (χ4v) is 5.15. The van der Waals surface area contributed by atoms with Gasteiger partial charge in [0, 0.05) is 19.3 Å². The van der Waals surface area contributed by atoms with Crippen molar-refractivity contribution in [3.05, 3.63) is 23.8 Å². The summed E-state index contributed by atoms with van der Waals surface area (Å²) >= 11 is 0. The van der Waals surface area contributed by atoms with Gasteiger partial charge in [0.1, 0.15) is 23.6 Å². The number of hydrogen-bond donors (Lipinski definition) is 2. The first kappa shape index (κ1) is 28.0. The average Bonchev–Trinajstić information content (AvgIpc) is 3.54. The molecule has 2 N–H and O–H groups in total. The highest BCUT2D eigenvalue weighted by atomic mass is 16.6. The van der Waals surface area contributed by atoms with Crippen molar-refractivity contribution < 1.29 is 28.9 Å². The first-order valence-electron chi connectivity index (χ1n) is 13.3. The zero-order valence-electron chi connectivity index (χ0n) is 22.3. The van der Waals surface area contributed by atoms with Crippen LogP contribution in [0.15, 0.2) is 23.8 Å². The maximum atomic E-state index is 12.3. The Hall–Kier alpha value is -1.54. The normalized spacial score (nSPS) is 37.7. The number of hydrogen-bond acceptors (Lipinski definition) is 6. The molecule has 0 aromatic heterocycles. The second kappa shape index (κ2) is 12.1. The number of epoxide rings is 1. The third-order valence-corrected chi connectivity index (χ3v) is 7.54. The van der Waals surface area contributed by atoms with Crippen molar-refractivity contribution in [3.63, 3.8) is 0 Å². The van der Waals surface area contributed by atoms with Crippen LogP contribution in [0.25, 0.3) is 0 Å². The van der Waals surface area contributed by atoms with Crippen molar-refractivity contribution in [3.8, 4) is 0 Å². The van der Waals surface area contributed by atoms with E-state index in [1.165, 1.54) is 0 Å². The van der Waals surface area contributed by atoms with E-state index < -0.39 is 17.8 Å². The summed E-state index contributed by atoms with van der Waals surface area (Å²) < 4.78 is 17.9. The molecule has 0 radical (unpaired) electrons. The second-order valence-corrected chi connectivity index (χ2v) is 11.4. The molecule has 0 aromatic carbocycles. The van der Waals surface area contributed by atoms with E-state index in [4.69, 9.17) is 14.2 Å². The van der Waals surface area contributed by atoms with Gasteiger partial charge in [0.05, 0.1) is 31.0 Å². The number of allylic oxidation sites excluding steroid dienone is 2. The van der Waals surface area contributed by atoms with Gasteiger partial charge in [0.2, 0.25) is 5.91 Å². The molecule has 3 heterocycles. The number of aliphatic hydroxyl groups is 1. The minimum Gasteiger partial charge on any atom is -0.387 e. The molecule has 7 nitrogen and oxygen atoms in total. The standard InChI is InChI=1S/C28H45NO6/c1-17(2)7-12-26(31)29-23-13-19(4)24(34-21(23)6)10-8-18(3)9-11-25-27(32)28(16-33-28)15-22(35-25)14-20(5)30/h8-9,11,17,19,21-25,27,32H,7,10,12-16H2,1-6H3,(H,29,31)/b11-9+,18-8+/t19-,21+,22+,23+,24-,25+,27+,28+/m0/s1. The molecule has 35 heavy (non-hydrogen) atoms. The van der Waals surface area contributed by atoms with Gasteiger partial charge < -0.3 is 24.6 Å². The summed E-state index contributed by atoms with van der Waals surface area (Å²) in [6.45, 7) is 12.6. The lowest BCUT2D eigenvalue weighted by atomic mass is 9.87. The number of Topliss-reactive ketones (excluding diaryl/α,β-unsaturated/α-hetero) is 1. The van der Waals surface area contributed by atoms with Gasteiger partial charge in [-0.3, -0.25) is 9.59 Å². The maximum Gasteiger partial charge on any atom is 0.220 e. The summed E-state index contributed by atoms with van der Waals surface area (Å²) in [6, 6.07) is 0.0516. The molecule has 0 aromatic rings. The third kappa shape index (κ3) is 7.97. The van der Waals surface area contributed by atoms with Gasteiger partial charge >= 0.3 is 0 Å². The van der Waals surface area contributed by atoms with Crippen LogP contribution in [0.2, 0.25) is 0 Å². The van der Waals surface area contributed by atoms with Crippen LogP contribution in [0.4, 0.5) is 0 Å². The molecule has 1 spiro atoms. The Labute approximate surface area is 210 Å².